The first kappa shape index (κ1) is 15.1. The Labute approximate surface area is 138 Å². The van der Waals surface area contributed by atoms with Crippen LogP contribution in [-0.2, 0) is 11.5 Å². The summed E-state index contributed by atoms with van der Waals surface area (Å²) in [6.45, 7) is 1.96. The molecule has 0 unspecified atom stereocenters. The molecule has 112 valence electrons. The van der Waals surface area contributed by atoms with E-state index in [2.05, 4.69) is 4.98 Å². The van der Waals surface area contributed by atoms with Crippen molar-refractivity contribution in [1.29, 1.82) is 0 Å². The second-order valence-electron chi connectivity index (χ2n) is 5.14. The Morgan fingerprint density at radius 2 is 1.91 bits per heavy atom. The molecular weight excluding hydrogens is 316 g/mol. The van der Waals surface area contributed by atoms with Crippen LogP contribution in [0.25, 0.3) is 5.65 Å². The van der Waals surface area contributed by atoms with Crippen LogP contribution in [0.4, 0.5) is 0 Å². The number of hydrogen-bond acceptors (Lipinski definition) is 3. The number of nitrogens with zero attached hydrogens (tertiary/aromatic N) is 2. The topological polar surface area (TPSA) is 34.4 Å². The van der Waals surface area contributed by atoms with Gasteiger partial charge in [0, 0.05) is 28.8 Å². The van der Waals surface area contributed by atoms with Crippen LogP contribution in [0.5, 0.6) is 0 Å². The molecule has 0 fully saturated rings. The molecule has 3 aromatic rings. The lowest BCUT2D eigenvalue weighted by Gasteiger charge is -2.05. The average molecular weight is 331 g/mol. The number of benzene rings is 1. The van der Waals surface area contributed by atoms with Crippen molar-refractivity contribution in [2.75, 3.05) is 0 Å². The fourth-order valence-corrected chi connectivity index (χ4v) is 3.20. The molecule has 0 atom stereocenters. The molecule has 0 spiro atoms. The zero-order chi connectivity index (χ0) is 15.5. The first-order chi connectivity index (χ1) is 10.6. The van der Waals surface area contributed by atoms with E-state index < -0.39 is 0 Å². The summed E-state index contributed by atoms with van der Waals surface area (Å²) in [6.07, 6.45) is 1.81. The Balaban J connectivity index is 1.73. The Hall–Kier alpha value is -1.78. The second kappa shape index (κ2) is 6.55. The molecule has 3 rings (SSSR count). The zero-order valence-corrected chi connectivity index (χ0v) is 13.7. The van der Waals surface area contributed by atoms with Crippen molar-refractivity contribution in [1.82, 2.24) is 9.38 Å². The van der Waals surface area contributed by atoms with Gasteiger partial charge < -0.3 is 0 Å². The van der Waals surface area contributed by atoms with Gasteiger partial charge in [0.1, 0.15) is 5.65 Å². The molecule has 0 amide bonds. The number of rotatable bonds is 4. The summed E-state index contributed by atoms with van der Waals surface area (Å²) < 4.78 is 1.59. The third-order valence-electron chi connectivity index (χ3n) is 3.29. The molecule has 3 nitrogen and oxygen atoms in total. The van der Waals surface area contributed by atoms with Gasteiger partial charge in [0.25, 0.3) is 5.56 Å². The monoisotopic (exact) mass is 330 g/mol. The van der Waals surface area contributed by atoms with Crippen LogP contribution in [0, 0.1) is 6.92 Å². The van der Waals surface area contributed by atoms with Crippen molar-refractivity contribution < 1.29 is 0 Å². The van der Waals surface area contributed by atoms with E-state index in [0.29, 0.717) is 11.4 Å². The van der Waals surface area contributed by atoms with Crippen molar-refractivity contribution in [3.05, 3.63) is 80.9 Å². The van der Waals surface area contributed by atoms with E-state index in [1.165, 1.54) is 5.56 Å². The molecule has 1 aromatic carbocycles. The number of hydrogen-bond donors (Lipinski definition) is 0. The highest BCUT2D eigenvalue weighted by Gasteiger charge is 2.03. The van der Waals surface area contributed by atoms with Crippen LogP contribution in [-0.4, -0.2) is 9.38 Å². The Kier molecular flexibility index (Phi) is 4.50. The van der Waals surface area contributed by atoms with Gasteiger partial charge in [-0.1, -0.05) is 29.8 Å². The summed E-state index contributed by atoms with van der Waals surface area (Å²) in [4.78, 5) is 16.7. The van der Waals surface area contributed by atoms with E-state index in [4.69, 9.17) is 11.6 Å². The normalized spacial score (nSPS) is 11.0. The maximum absolute atomic E-state index is 12.1. The number of aryl methyl sites for hydroxylation is 1. The molecule has 0 aliphatic rings. The molecule has 22 heavy (non-hydrogen) atoms. The van der Waals surface area contributed by atoms with Crippen LogP contribution in [0.3, 0.4) is 0 Å². The Bertz CT molecular complexity index is 859. The fourth-order valence-electron chi connectivity index (χ4n) is 2.19. The summed E-state index contributed by atoms with van der Waals surface area (Å²) in [5.41, 5.74) is 3.73. The number of fused-ring (bicyclic) bond motifs is 1. The molecule has 0 N–H and O–H groups in total. The lowest BCUT2D eigenvalue weighted by molar-refractivity contribution is 1.00. The predicted octanol–water partition coefficient (Wildman–Crippen LogP) is 4.09. The first-order valence-corrected chi connectivity index (χ1v) is 8.46. The number of pyridine rings is 1. The predicted molar refractivity (Wildman–Crippen MR) is 92.7 cm³/mol. The highest BCUT2D eigenvalue weighted by molar-refractivity contribution is 7.97. The molecule has 2 heterocycles. The standard InChI is InChI=1S/C17H15ClN2OS/c1-12-2-7-16-19-15(8-17(21)20(16)9-12)11-22-10-13-3-5-14(18)6-4-13/h2-9H,10-11H2,1H3. The summed E-state index contributed by atoms with van der Waals surface area (Å²) >= 11 is 7.60. The van der Waals surface area contributed by atoms with E-state index in [1.807, 2.05) is 49.5 Å². The van der Waals surface area contributed by atoms with Crippen LogP contribution in [0.2, 0.25) is 5.02 Å². The average Bonchev–Trinajstić information content (AvgIpc) is 2.50. The fraction of sp³-hybridized carbons (Fsp3) is 0.176. The van der Waals surface area contributed by atoms with Crippen LogP contribution < -0.4 is 5.56 Å². The van der Waals surface area contributed by atoms with Gasteiger partial charge in [-0.05, 0) is 36.2 Å². The molecule has 0 saturated heterocycles. The molecule has 0 aliphatic carbocycles. The Morgan fingerprint density at radius 3 is 2.68 bits per heavy atom. The first-order valence-electron chi connectivity index (χ1n) is 6.93. The summed E-state index contributed by atoms with van der Waals surface area (Å²) in [5, 5.41) is 0.744. The van der Waals surface area contributed by atoms with Crippen LogP contribution in [0.1, 0.15) is 16.8 Å². The maximum atomic E-state index is 12.1. The van der Waals surface area contributed by atoms with E-state index in [1.54, 1.807) is 22.2 Å². The van der Waals surface area contributed by atoms with Crippen molar-refractivity contribution in [3.63, 3.8) is 0 Å². The second-order valence-corrected chi connectivity index (χ2v) is 6.56. The number of thioether (sulfide) groups is 1. The van der Waals surface area contributed by atoms with Gasteiger partial charge in [0.15, 0.2) is 0 Å². The van der Waals surface area contributed by atoms with E-state index in [0.717, 1.165) is 22.0 Å². The smallest absolute Gasteiger partial charge is 0.258 e. The lowest BCUT2D eigenvalue weighted by atomic mass is 10.2. The van der Waals surface area contributed by atoms with Crippen molar-refractivity contribution in [2.24, 2.45) is 0 Å². The van der Waals surface area contributed by atoms with Gasteiger partial charge >= 0.3 is 0 Å². The SMILES string of the molecule is Cc1ccc2nc(CSCc3ccc(Cl)cc3)cc(=O)n2c1. The minimum absolute atomic E-state index is 0.0317. The summed E-state index contributed by atoms with van der Waals surface area (Å²) in [5.74, 6) is 1.58. The molecule has 0 saturated carbocycles. The van der Waals surface area contributed by atoms with Gasteiger partial charge in [-0.15, -0.1) is 0 Å². The number of aromatic nitrogens is 2. The van der Waals surface area contributed by atoms with E-state index in [9.17, 15) is 4.79 Å². The molecule has 0 aliphatic heterocycles. The van der Waals surface area contributed by atoms with Gasteiger partial charge in [0.2, 0.25) is 0 Å². The molecule has 0 bridgehead atoms. The molecule has 5 heteroatoms. The van der Waals surface area contributed by atoms with Crippen LogP contribution >= 0.6 is 23.4 Å². The summed E-state index contributed by atoms with van der Waals surface area (Å²) in [6, 6.07) is 13.3. The van der Waals surface area contributed by atoms with Crippen molar-refractivity contribution in [2.45, 2.75) is 18.4 Å². The molecular formula is C17H15ClN2OS. The van der Waals surface area contributed by atoms with E-state index in [-0.39, 0.29) is 5.56 Å². The van der Waals surface area contributed by atoms with Gasteiger partial charge in [-0.25, -0.2) is 4.98 Å². The molecule has 0 radical (unpaired) electrons. The van der Waals surface area contributed by atoms with Gasteiger partial charge in [0.05, 0.1) is 5.69 Å². The largest absolute Gasteiger partial charge is 0.269 e. The van der Waals surface area contributed by atoms with Gasteiger partial charge in [-0.3, -0.25) is 9.20 Å². The zero-order valence-electron chi connectivity index (χ0n) is 12.1. The summed E-state index contributed by atoms with van der Waals surface area (Å²) in [7, 11) is 0. The quantitative estimate of drug-likeness (QED) is 0.722. The third-order valence-corrected chi connectivity index (χ3v) is 4.58. The maximum Gasteiger partial charge on any atom is 0.258 e. The Morgan fingerprint density at radius 1 is 1.14 bits per heavy atom. The third kappa shape index (κ3) is 3.51. The lowest BCUT2D eigenvalue weighted by Crippen LogP contribution is -2.15. The van der Waals surface area contributed by atoms with Gasteiger partial charge in [-0.2, -0.15) is 11.8 Å². The van der Waals surface area contributed by atoms with Crippen LogP contribution in [0.15, 0.2) is 53.5 Å². The molecule has 2 aromatic heterocycles. The van der Waals surface area contributed by atoms with E-state index >= 15 is 0 Å². The highest BCUT2D eigenvalue weighted by Crippen LogP contribution is 2.18. The number of halogens is 1. The van der Waals surface area contributed by atoms with Crippen molar-refractivity contribution >= 4 is 29.0 Å². The highest BCUT2D eigenvalue weighted by atomic mass is 35.5. The minimum atomic E-state index is -0.0317. The van der Waals surface area contributed by atoms with Crippen molar-refractivity contribution in [3.8, 4) is 0 Å². The minimum Gasteiger partial charge on any atom is -0.269 e.